The average molecular weight is 481 g/mol. The lowest BCUT2D eigenvalue weighted by Gasteiger charge is -2.36. The number of hydrogen-bond acceptors (Lipinski definition) is 4. The van der Waals surface area contributed by atoms with Gasteiger partial charge in [-0.2, -0.15) is 0 Å². The Labute approximate surface area is 175 Å². The fraction of sp³-hybridized carbons (Fsp3) is 0.889. The minimum atomic E-state index is 0. The van der Waals surface area contributed by atoms with Gasteiger partial charge in [0.1, 0.15) is 0 Å². The third kappa shape index (κ3) is 9.36. The molecule has 0 spiro atoms. The Kier molecular flexibility index (Phi) is 11.5. The smallest absolute Gasteiger partial charge is 0.234 e. The lowest BCUT2D eigenvalue weighted by Crippen LogP contribution is -2.54. The molecule has 0 unspecified atom stereocenters. The molecular weight excluding hydrogens is 445 g/mol. The van der Waals surface area contributed by atoms with E-state index in [0.717, 1.165) is 51.2 Å². The Bertz CT molecular complexity index is 435. The number of rotatable bonds is 9. The first-order chi connectivity index (χ1) is 12.1. The van der Waals surface area contributed by atoms with E-state index in [1.54, 1.807) is 0 Å². The summed E-state index contributed by atoms with van der Waals surface area (Å²) in [5.41, 5.74) is 0. The number of aliphatic imine (C=N–C) groups is 1. The van der Waals surface area contributed by atoms with Crippen molar-refractivity contribution in [3.63, 3.8) is 0 Å². The van der Waals surface area contributed by atoms with Crippen LogP contribution in [0.5, 0.6) is 0 Å². The van der Waals surface area contributed by atoms with Crippen LogP contribution in [0, 0.1) is 5.92 Å². The Morgan fingerprint density at radius 2 is 1.92 bits per heavy atom. The molecule has 0 aromatic carbocycles. The summed E-state index contributed by atoms with van der Waals surface area (Å²) in [7, 11) is 0. The SMILES string of the molecule is CCNC(=NCCOCC1CC1)N1CCN(CC(=O)NC(C)C)CC1.I. The minimum Gasteiger partial charge on any atom is -0.379 e. The number of piperazine rings is 1. The largest absolute Gasteiger partial charge is 0.379 e. The molecule has 2 fully saturated rings. The van der Waals surface area contributed by atoms with E-state index in [2.05, 4.69) is 32.3 Å². The molecule has 7 nitrogen and oxygen atoms in total. The van der Waals surface area contributed by atoms with Crippen molar-refractivity contribution < 1.29 is 9.53 Å². The summed E-state index contributed by atoms with van der Waals surface area (Å²) in [5.74, 6) is 1.87. The van der Waals surface area contributed by atoms with Crippen molar-refractivity contribution in [1.29, 1.82) is 0 Å². The van der Waals surface area contributed by atoms with Crippen LogP contribution in [0.15, 0.2) is 4.99 Å². The van der Waals surface area contributed by atoms with Crippen molar-refractivity contribution in [2.24, 2.45) is 10.9 Å². The van der Waals surface area contributed by atoms with Crippen molar-refractivity contribution in [1.82, 2.24) is 20.4 Å². The lowest BCUT2D eigenvalue weighted by molar-refractivity contribution is -0.123. The molecule has 26 heavy (non-hydrogen) atoms. The average Bonchev–Trinajstić information content (AvgIpc) is 3.38. The van der Waals surface area contributed by atoms with Crippen LogP contribution >= 0.6 is 24.0 Å². The number of nitrogens with zero attached hydrogens (tertiary/aromatic N) is 3. The maximum absolute atomic E-state index is 11.9. The zero-order valence-electron chi connectivity index (χ0n) is 16.5. The molecular formula is C18H36IN5O2. The lowest BCUT2D eigenvalue weighted by atomic mass is 10.3. The van der Waals surface area contributed by atoms with Crippen molar-refractivity contribution >= 4 is 35.8 Å². The first kappa shape index (κ1) is 23.4. The van der Waals surface area contributed by atoms with Gasteiger partial charge in [-0.25, -0.2) is 0 Å². The molecule has 2 aliphatic rings. The maximum atomic E-state index is 11.9. The Morgan fingerprint density at radius 1 is 1.23 bits per heavy atom. The van der Waals surface area contributed by atoms with E-state index in [4.69, 9.17) is 4.74 Å². The van der Waals surface area contributed by atoms with Gasteiger partial charge in [0.25, 0.3) is 0 Å². The number of ether oxygens (including phenoxy) is 1. The van der Waals surface area contributed by atoms with Crippen LogP contribution in [0.25, 0.3) is 0 Å². The molecule has 0 radical (unpaired) electrons. The van der Waals surface area contributed by atoms with Crippen LogP contribution < -0.4 is 10.6 Å². The van der Waals surface area contributed by atoms with Gasteiger partial charge >= 0.3 is 0 Å². The predicted molar refractivity (Wildman–Crippen MR) is 116 cm³/mol. The zero-order valence-corrected chi connectivity index (χ0v) is 18.8. The summed E-state index contributed by atoms with van der Waals surface area (Å²) in [4.78, 5) is 21.1. The van der Waals surface area contributed by atoms with Crippen LogP contribution in [0.3, 0.4) is 0 Å². The number of hydrogen-bond donors (Lipinski definition) is 2. The van der Waals surface area contributed by atoms with Crippen LogP contribution in [-0.4, -0.2) is 86.7 Å². The molecule has 2 rings (SSSR count). The highest BCUT2D eigenvalue weighted by atomic mass is 127. The molecule has 0 bridgehead atoms. The van der Waals surface area contributed by atoms with Crippen molar-refractivity contribution in [2.45, 2.75) is 39.7 Å². The van der Waals surface area contributed by atoms with Crippen LogP contribution in [0.2, 0.25) is 0 Å². The van der Waals surface area contributed by atoms with Gasteiger partial charge in [-0.1, -0.05) is 0 Å². The Balaban J connectivity index is 0.00000338. The second-order valence-corrected chi connectivity index (χ2v) is 7.24. The number of carbonyl (C=O) groups excluding carboxylic acids is 1. The van der Waals surface area contributed by atoms with Gasteiger partial charge in [0.05, 0.1) is 19.7 Å². The summed E-state index contributed by atoms with van der Waals surface area (Å²) >= 11 is 0. The van der Waals surface area contributed by atoms with Crippen LogP contribution in [-0.2, 0) is 9.53 Å². The molecule has 0 aromatic heterocycles. The highest BCUT2D eigenvalue weighted by Gasteiger charge is 2.22. The van der Waals surface area contributed by atoms with Gasteiger partial charge in [-0.3, -0.25) is 14.7 Å². The molecule has 2 N–H and O–H groups in total. The second kappa shape index (κ2) is 12.7. The van der Waals surface area contributed by atoms with E-state index >= 15 is 0 Å². The highest BCUT2D eigenvalue weighted by molar-refractivity contribution is 14.0. The van der Waals surface area contributed by atoms with E-state index in [-0.39, 0.29) is 35.9 Å². The second-order valence-electron chi connectivity index (χ2n) is 7.24. The normalized spacial score (nSPS) is 18.6. The quantitative estimate of drug-likeness (QED) is 0.224. The molecule has 0 atom stereocenters. The van der Waals surface area contributed by atoms with Gasteiger partial charge < -0.3 is 20.3 Å². The van der Waals surface area contributed by atoms with Crippen molar-refractivity contribution in [2.75, 3.05) is 59.0 Å². The van der Waals surface area contributed by atoms with E-state index < -0.39 is 0 Å². The molecule has 1 saturated heterocycles. The van der Waals surface area contributed by atoms with E-state index in [1.807, 2.05) is 13.8 Å². The van der Waals surface area contributed by atoms with Crippen LogP contribution in [0.4, 0.5) is 0 Å². The number of nitrogens with one attached hydrogen (secondary N) is 2. The van der Waals surface area contributed by atoms with Crippen molar-refractivity contribution in [3.8, 4) is 0 Å². The highest BCUT2D eigenvalue weighted by Crippen LogP contribution is 2.28. The molecule has 1 amide bonds. The van der Waals surface area contributed by atoms with Gasteiger partial charge in [-0.15, -0.1) is 24.0 Å². The molecule has 1 aliphatic carbocycles. The summed E-state index contributed by atoms with van der Waals surface area (Å²) in [6, 6.07) is 0.198. The van der Waals surface area contributed by atoms with Gasteiger partial charge in [0.2, 0.25) is 5.91 Å². The third-order valence-corrected chi connectivity index (χ3v) is 4.37. The zero-order chi connectivity index (χ0) is 18.1. The molecule has 1 heterocycles. The monoisotopic (exact) mass is 481 g/mol. The first-order valence-electron chi connectivity index (χ1n) is 9.71. The number of guanidine groups is 1. The number of amides is 1. The summed E-state index contributed by atoms with van der Waals surface area (Å²) in [5, 5.41) is 6.32. The molecule has 1 saturated carbocycles. The van der Waals surface area contributed by atoms with Crippen LogP contribution in [0.1, 0.15) is 33.6 Å². The predicted octanol–water partition coefficient (Wildman–Crippen LogP) is 1.14. The fourth-order valence-electron chi connectivity index (χ4n) is 2.86. The molecule has 0 aromatic rings. The van der Waals surface area contributed by atoms with Gasteiger partial charge in [0.15, 0.2) is 5.96 Å². The summed E-state index contributed by atoms with van der Waals surface area (Å²) in [6.45, 7) is 13.2. The minimum absolute atomic E-state index is 0. The maximum Gasteiger partial charge on any atom is 0.234 e. The summed E-state index contributed by atoms with van der Waals surface area (Å²) in [6.07, 6.45) is 2.65. The van der Waals surface area contributed by atoms with E-state index in [1.165, 1.54) is 12.8 Å². The van der Waals surface area contributed by atoms with E-state index in [9.17, 15) is 4.79 Å². The Hall–Kier alpha value is -0.610. The molecule has 152 valence electrons. The Morgan fingerprint density at radius 3 is 2.50 bits per heavy atom. The van der Waals surface area contributed by atoms with Gasteiger partial charge in [0, 0.05) is 45.4 Å². The fourth-order valence-corrected chi connectivity index (χ4v) is 2.86. The van der Waals surface area contributed by atoms with E-state index in [0.29, 0.717) is 19.7 Å². The topological polar surface area (TPSA) is 69.2 Å². The van der Waals surface area contributed by atoms with Gasteiger partial charge in [-0.05, 0) is 39.5 Å². The standard InChI is InChI=1S/C18H35N5O2.HI/c1-4-19-18(20-7-12-25-14-16-5-6-16)23-10-8-22(9-11-23)13-17(24)21-15(2)3;/h15-16H,4-14H2,1-3H3,(H,19,20)(H,21,24);1H. The molecule has 8 heteroatoms. The third-order valence-electron chi connectivity index (χ3n) is 4.37. The molecule has 1 aliphatic heterocycles. The first-order valence-corrected chi connectivity index (χ1v) is 9.71. The number of carbonyl (C=O) groups is 1. The number of halogens is 1. The van der Waals surface area contributed by atoms with Crippen molar-refractivity contribution in [3.05, 3.63) is 0 Å². The summed E-state index contributed by atoms with van der Waals surface area (Å²) < 4.78 is 5.66.